The monoisotopic (exact) mass is 584 g/mol. The van der Waals surface area contributed by atoms with Crippen LogP contribution in [0.25, 0.3) is 0 Å². The van der Waals surface area contributed by atoms with Gasteiger partial charge < -0.3 is 24.3 Å². The third kappa shape index (κ3) is 7.65. The van der Waals surface area contributed by atoms with Crippen LogP contribution in [0.3, 0.4) is 0 Å². The molecule has 8 nitrogen and oxygen atoms in total. The van der Waals surface area contributed by atoms with Gasteiger partial charge in [-0.3, -0.25) is 0 Å². The number of carbonyl (C=O) groups is 2. The molecular weight excluding hydrogens is 546 g/mol. The molecule has 0 aromatic heterocycles. The Hall–Kier alpha value is -3.53. The van der Waals surface area contributed by atoms with Crippen molar-refractivity contribution in [2.24, 2.45) is 4.99 Å². The summed E-state index contributed by atoms with van der Waals surface area (Å²) in [6, 6.07) is 16.1. The first-order valence-corrected chi connectivity index (χ1v) is 14.9. The predicted octanol–water partition coefficient (Wildman–Crippen LogP) is 6.06. The van der Waals surface area contributed by atoms with E-state index in [0.29, 0.717) is 0 Å². The molecule has 0 radical (unpaired) electrons. The number of benzene rings is 2. The number of amidine groups is 1. The Labute approximate surface area is 244 Å². The molecule has 0 bridgehead atoms. The minimum atomic E-state index is -3.77. The normalized spacial score (nSPS) is 25.0. The van der Waals surface area contributed by atoms with Crippen molar-refractivity contribution in [3.8, 4) is 0 Å². The van der Waals surface area contributed by atoms with Gasteiger partial charge in [-0.1, -0.05) is 74.9 Å². The number of nitrogens with zero attached hydrogens (tertiary/aromatic N) is 1. The summed E-state index contributed by atoms with van der Waals surface area (Å²) in [5, 5.41) is 3.26. The molecule has 3 atom stereocenters. The molecule has 0 spiro atoms. The van der Waals surface area contributed by atoms with Crippen LogP contribution in [-0.2, 0) is 18.9 Å². The van der Waals surface area contributed by atoms with Crippen LogP contribution in [0, 0.1) is 0 Å². The zero-order valence-electron chi connectivity index (χ0n) is 23.6. The van der Waals surface area contributed by atoms with E-state index in [2.05, 4.69) is 5.32 Å². The number of esters is 2. The van der Waals surface area contributed by atoms with Crippen molar-refractivity contribution in [2.45, 2.75) is 101 Å². The van der Waals surface area contributed by atoms with Crippen LogP contribution >= 0.6 is 0 Å². The highest BCUT2D eigenvalue weighted by Gasteiger charge is 2.63. The first-order valence-electron chi connectivity index (χ1n) is 14.9. The summed E-state index contributed by atoms with van der Waals surface area (Å²) >= 11 is 0. The molecule has 5 rings (SSSR count). The lowest BCUT2D eigenvalue weighted by Gasteiger charge is -2.28. The number of carbonyl (C=O) groups excluding carboxylic acids is 2. The Morgan fingerprint density at radius 1 is 0.810 bits per heavy atom. The Morgan fingerprint density at radius 2 is 1.38 bits per heavy atom. The number of aliphatic imine (C=N–C) groups is 1. The molecule has 0 amide bonds. The molecule has 1 aliphatic heterocycles. The zero-order chi connectivity index (χ0) is 29.4. The highest BCUT2D eigenvalue weighted by Crippen LogP contribution is 2.40. The number of rotatable bonds is 8. The van der Waals surface area contributed by atoms with Gasteiger partial charge in [-0.05, 0) is 49.9 Å². The van der Waals surface area contributed by atoms with Gasteiger partial charge in [-0.25, -0.2) is 14.6 Å². The van der Waals surface area contributed by atoms with E-state index < -0.39 is 43.0 Å². The van der Waals surface area contributed by atoms with Crippen LogP contribution < -0.4 is 5.32 Å². The summed E-state index contributed by atoms with van der Waals surface area (Å²) in [5.74, 6) is -5.42. The van der Waals surface area contributed by atoms with Gasteiger partial charge in [0.1, 0.15) is 12.7 Å². The van der Waals surface area contributed by atoms with Crippen LogP contribution in [0.15, 0.2) is 65.7 Å². The van der Waals surface area contributed by atoms with Crippen molar-refractivity contribution in [2.75, 3.05) is 6.61 Å². The quantitative estimate of drug-likeness (QED) is 0.229. The highest BCUT2D eigenvalue weighted by atomic mass is 19.3. The highest BCUT2D eigenvalue weighted by molar-refractivity contribution is 5.90. The van der Waals surface area contributed by atoms with Crippen LogP contribution in [0.1, 0.15) is 84.9 Å². The molecule has 1 saturated heterocycles. The van der Waals surface area contributed by atoms with Gasteiger partial charge in [0, 0.05) is 6.04 Å². The minimum absolute atomic E-state index is 0.0218. The van der Waals surface area contributed by atoms with Gasteiger partial charge in [0.05, 0.1) is 17.2 Å². The van der Waals surface area contributed by atoms with E-state index >= 15 is 8.78 Å². The van der Waals surface area contributed by atoms with Gasteiger partial charge in [0.2, 0.25) is 6.10 Å². The number of nitrogens with one attached hydrogen (secondary N) is 1. The average molecular weight is 585 g/mol. The smallest absolute Gasteiger partial charge is 0.347 e. The lowest BCUT2D eigenvalue weighted by Crippen LogP contribution is -2.47. The Kier molecular flexibility index (Phi) is 10.0. The van der Waals surface area contributed by atoms with Gasteiger partial charge in [-0.2, -0.15) is 8.78 Å². The van der Waals surface area contributed by atoms with E-state index in [1.54, 1.807) is 48.5 Å². The maximum Gasteiger partial charge on any atom is 0.347 e. The van der Waals surface area contributed by atoms with Crippen LogP contribution in [0.4, 0.5) is 8.78 Å². The second kappa shape index (κ2) is 14.1. The lowest BCUT2D eigenvalue weighted by molar-refractivity contribution is -0.193. The molecule has 2 aromatic carbocycles. The van der Waals surface area contributed by atoms with Crippen molar-refractivity contribution >= 4 is 18.0 Å². The number of ether oxygens (including phenoxy) is 4. The second-order valence-corrected chi connectivity index (χ2v) is 11.2. The molecule has 2 aliphatic carbocycles. The van der Waals surface area contributed by atoms with Gasteiger partial charge >= 0.3 is 17.9 Å². The predicted molar refractivity (Wildman–Crippen MR) is 151 cm³/mol. The minimum Gasteiger partial charge on any atom is -0.459 e. The summed E-state index contributed by atoms with van der Waals surface area (Å²) in [6.07, 6.45) is 4.23. The fraction of sp³-hybridized carbons (Fsp3) is 0.531. The molecular formula is C32H38F2N2O6. The molecule has 0 unspecified atom stereocenters. The average Bonchev–Trinajstić information content (AvgIpc) is 3.25. The lowest BCUT2D eigenvalue weighted by atomic mass is 9.95. The zero-order valence-corrected chi connectivity index (χ0v) is 23.6. The maximum atomic E-state index is 16.0. The third-order valence-electron chi connectivity index (χ3n) is 7.99. The van der Waals surface area contributed by atoms with Crippen molar-refractivity contribution in [3.05, 3.63) is 71.8 Å². The van der Waals surface area contributed by atoms with Crippen LogP contribution in [0.5, 0.6) is 0 Å². The van der Waals surface area contributed by atoms with Gasteiger partial charge in [0.15, 0.2) is 0 Å². The van der Waals surface area contributed by atoms with Crippen LogP contribution in [0.2, 0.25) is 0 Å². The molecule has 2 saturated carbocycles. The summed E-state index contributed by atoms with van der Waals surface area (Å²) in [6.45, 7) is -0.568. The number of hydrogen-bond acceptors (Lipinski definition) is 7. The molecule has 1 heterocycles. The van der Waals surface area contributed by atoms with Crippen molar-refractivity contribution in [3.63, 3.8) is 0 Å². The van der Waals surface area contributed by atoms with E-state index in [1.807, 2.05) is 0 Å². The fourth-order valence-corrected chi connectivity index (χ4v) is 5.66. The second-order valence-electron chi connectivity index (χ2n) is 11.2. The maximum absolute atomic E-state index is 16.0. The Bertz CT molecular complexity index is 1200. The Morgan fingerprint density at radius 3 is 2.00 bits per heavy atom. The molecule has 1 N–H and O–H groups in total. The van der Waals surface area contributed by atoms with E-state index in [0.717, 1.165) is 64.2 Å². The molecule has 10 heteroatoms. The van der Waals surface area contributed by atoms with Crippen molar-refractivity contribution < 1.29 is 37.3 Å². The van der Waals surface area contributed by atoms with Gasteiger partial charge in [-0.15, -0.1) is 0 Å². The summed E-state index contributed by atoms with van der Waals surface area (Å²) in [7, 11) is 0. The first-order chi connectivity index (χ1) is 20.4. The number of halogens is 2. The standard InChI is InChI=1S/C32H38F2N2O6/c33-32(34)27(41-29(38)23-15-7-2-8-16-23)26(21-39-28(37)22-13-5-1-6-14-22)40-30(32)42-31(35-24-17-9-3-10-18-24)36-25-19-11-4-12-20-25/h1-2,5-8,13-16,24-27,30H,3-4,9-12,17-21H2,(H,35,36)/t26-,27+,30+/m1/s1. The van der Waals surface area contributed by atoms with E-state index in [4.69, 9.17) is 23.9 Å². The summed E-state index contributed by atoms with van der Waals surface area (Å²) in [5.41, 5.74) is 0.364. The molecule has 2 aromatic rings. The largest absolute Gasteiger partial charge is 0.459 e. The summed E-state index contributed by atoms with van der Waals surface area (Å²) < 4.78 is 54.2. The van der Waals surface area contributed by atoms with E-state index in [1.165, 1.54) is 12.1 Å². The third-order valence-corrected chi connectivity index (χ3v) is 7.99. The van der Waals surface area contributed by atoms with E-state index in [9.17, 15) is 9.59 Å². The van der Waals surface area contributed by atoms with Gasteiger partial charge in [0.25, 0.3) is 12.3 Å². The van der Waals surface area contributed by atoms with Crippen molar-refractivity contribution in [1.82, 2.24) is 5.32 Å². The fourth-order valence-electron chi connectivity index (χ4n) is 5.66. The summed E-state index contributed by atoms with van der Waals surface area (Å²) in [4.78, 5) is 30.1. The molecule has 3 aliphatic rings. The number of hydrogen-bond donors (Lipinski definition) is 1. The number of alkyl halides is 2. The Balaban J connectivity index is 1.35. The topological polar surface area (TPSA) is 95.5 Å². The van der Waals surface area contributed by atoms with E-state index in [-0.39, 0.29) is 29.2 Å². The van der Waals surface area contributed by atoms with Crippen LogP contribution in [-0.4, -0.2) is 61.1 Å². The first kappa shape index (κ1) is 29.9. The van der Waals surface area contributed by atoms with Crippen molar-refractivity contribution in [1.29, 1.82) is 0 Å². The molecule has 42 heavy (non-hydrogen) atoms. The molecule has 226 valence electrons. The molecule has 3 fully saturated rings. The SMILES string of the molecule is O=C(OC[C@H]1O[C@@H](OC(=NC2CCCCC2)NC2CCCCC2)C(F)(F)[C@H]1OC(=O)c1ccccc1)c1ccccc1.